The molecule has 0 amide bonds. The summed E-state index contributed by atoms with van der Waals surface area (Å²) >= 11 is 1.71. The Balaban J connectivity index is 1.94. The van der Waals surface area contributed by atoms with E-state index in [1.165, 1.54) is 31.6 Å². The van der Waals surface area contributed by atoms with Gasteiger partial charge in [-0.1, -0.05) is 0 Å². The van der Waals surface area contributed by atoms with Crippen molar-refractivity contribution in [3.8, 4) is 6.07 Å². The zero-order valence-corrected chi connectivity index (χ0v) is 10.5. The Labute approximate surface area is 101 Å². The van der Waals surface area contributed by atoms with E-state index in [4.69, 9.17) is 5.26 Å². The first-order valence-corrected chi connectivity index (χ1v) is 6.67. The van der Waals surface area contributed by atoms with Gasteiger partial charge in [-0.3, -0.25) is 0 Å². The molecule has 16 heavy (non-hydrogen) atoms. The molecule has 0 saturated carbocycles. The second-order valence-corrected chi connectivity index (χ2v) is 5.34. The van der Waals surface area contributed by atoms with Gasteiger partial charge in [-0.15, -0.1) is 11.3 Å². The first-order valence-electron chi connectivity index (χ1n) is 5.79. The molecule has 0 atom stereocenters. The maximum absolute atomic E-state index is 8.53. The summed E-state index contributed by atoms with van der Waals surface area (Å²) in [5.74, 6) is 0.642. The maximum Gasteiger partial charge on any atom is 0.0938 e. The Hall–Kier alpha value is -0.920. The van der Waals surface area contributed by atoms with Crippen LogP contribution in [0.15, 0.2) is 5.38 Å². The number of piperidine rings is 1. The highest BCUT2D eigenvalue weighted by Crippen LogP contribution is 2.28. The number of thiazole rings is 1. The fourth-order valence-electron chi connectivity index (χ4n) is 2.09. The molecule has 4 heteroatoms. The molecule has 2 heterocycles. The van der Waals surface area contributed by atoms with Crippen LogP contribution in [0.3, 0.4) is 0 Å². The Morgan fingerprint density at radius 3 is 3.00 bits per heavy atom. The molecule has 0 N–H and O–H groups in total. The van der Waals surface area contributed by atoms with Crippen molar-refractivity contribution in [1.29, 1.82) is 5.26 Å². The first kappa shape index (κ1) is 11.6. The summed E-state index contributed by atoms with van der Waals surface area (Å²) in [4.78, 5) is 7.02. The van der Waals surface area contributed by atoms with Crippen LogP contribution in [0.2, 0.25) is 0 Å². The molecule has 1 aliphatic heterocycles. The van der Waals surface area contributed by atoms with Gasteiger partial charge >= 0.3 is 0 Å². The molecule has 0 spiro atoms. The molecule has 1 saturated heterocycles. The average Bonchev–Trinajstić information content (AvgIpc) is 2.76. The first-order chi connectivity index (χ1) is 7.79. The minimum atomic E-state index is 0.584. The van der Waals surface area contributed by atoms with E-state index in [2.05, 4.69) is 28.4 Å². The molecule has 0 aliphatic carbocycles. The van der Waals surface area contributed by atoms with E-state index in [0.717, 1.165) is 11.4 Å². The lowest BCUT2D eigenvalue weighted by Crippen LogP contribution is -2.29. The molecule has 0 radical (unpaired) electrons. The van der Waals surface area contributed by atoms with Gasteiger partial charge in [-0.2, -0.15) is 5.26 Å². The molecule has 0 aromatic carbocycles. The van der Waals surface area contributed by atoms with Crippen LogP contribution in [-0.4, -0.2) is 30.0 Å². The van der Waals surface area contributed by atoms with Crippen LogP contribution in [0.4, 0.5) is 0 Å². The number of nitrogens with zero attached hydrogens (tertiary/aromatic N) is 3. The minimum Gasteiger partial charge on any atom is -0.306 e. The molecule has 1 aromatic heterocycles. The lowest BCUT2D eigenvalue weighted by molar-refractivity contribution is 0.253. The van der Waals surface area contributed by atoms with Gasteiger partial charge in [-0.05, 0) is 33.0 Å². The Morgan fingerprint density at radius 1 is 1.56 bits per heavy atom. The number of aryl methyl sites for hydroxylation is 1. The number of likely N-dealkylation sites (tertiary alicyclic amines) is 1. The highest BCUT2D eigenvalue weighted by Gasteiger charge is 2.20. The Morgan fingerprint density at radius 2 is 2.31 bits per heavy atom. The van der Waals surface area contributed by atoms with E-state index >= 15 is 0 Å². The maximum atomic E-state index is 8.53. The zero-order valence-electron chi connectivity index (χ0n) is 9.65. The minimum absolute atomic E-state index is 0.584. The normalized spacial score (nSPS) is 18.5. The van der Waals surface area contributed by atoms with Crippen molar-refractivity contribution >= 4 is 11.3 Å². The lowest BCUT2D eigenvalue weighted by atomic mass is 9.95. The van der Waals surface area contributed by atoms with Gasteiger partial charge < -0.3 is 4.90 Å². The Bertz CT molecular complexity index is 372. The van der Waals surface area contributed by atoms with E-state index in [0.29, 0.717) is 12.3 Å². The van der Waals surface area contributed by atoms with Gasteiger partial charge in [0.15, 0.2) is 0 Å². The second kappa shape index (κ2) is 5.42. The summed E-state index contributed by atoms with van der Waals surface area (Å²) in [6.45, 7) is 2.35. The second-order valence-electron chi connectivity index (χ2n) is 4.40. The topological polar surface area (TPSA) is 39.9 Å². The van der Waals surface area contributed by atoms with E-state index < -0.39 is 0 Å². The van der Waals surface area contributed by atoms with Crippen molar-refractivity contribution in [1.82, 2.24) is 9.88 Å². The van der Waals surface area contributed by atoms with Gasteiger partial charge in [0.1, 0.15) is 0 Å². The van der Waals surface area contributed by atoms with Crippen molar-refractivity contribution in [2.45, 2.75) is 31.6 Å². The number of hydrogen-bond donors (Lipinski definition) is 0. The smallest absolute Gasteiger partial charge is 0.0938 e. The highest BCUT2D eigenvalue weighted by molar-refractivity contribution is 7.09. The van der Waals surface area contributed by atoms with Crippen LogP contribution in [0, 0.1) is 11.3 Å². The van der Waals surface area contributed by atoms with Gasteiger partial charge in [0.05, 0.1) is 16.8 Å². The molecule has 0 bridgehead atoms. The van der Waals surface area contributed by atoms with E-state index in [-0.39, 0.29) is 0 Å². The SMILES string of the molecule is CN1CCC(c2csc(CCC#N)n2)CC1. The van der Waals surface area contributed by atoms with E-state index in [1.807, 2.05) is 0 Å². The van der Waals surface area contributed by atoms with Crippen LogP contribution in [0.25, 0.3) is 0 Å². The third-order valence-electron chi connectivity index (χ3n) is 3.16. The number of nitriles is 1. The monoisotopic (exact) mass is 235 g/mol. The molecular formula is C12H17N3S. The fourth-order valence-corrected chi connectivity index (χ4v) is 2.97. The van der Waals surface area contributed by atoms with Crippen LogP contribution >= 0.6 is 11.3 Å². The third kappa shape index (κ3) is 2.81. The molecule has 3 nitrogen and oxygen atoms in total. The predicted molar refractivity (Wildman–Crippen MR) is 65.5 cm³/mol. The summed E-state index contributed by atoms with van der Waals surface area (Å²) in [5, 5.41) is 11.8. The van der Waals surface area contributed by atoms with Crippen molar-refractivity contribution in [3.63, 3.8) is 0 Å². The van der Waals surface area contributed by atoms with Gasteiger partial charge in [0.2, 0.25) is 0 Å². The van der Waals surface area contributed by atoms with Crippen molar-refractivity contribution in [3.05, 3.63) is 16.1 Å². The number of rotatable bonds is 3. The largest absolute Gasteiger partial charge is 0.306 e. The molecule has 2 rings (SSSR count). The summed E-state index contributed by atoms with van der Waals surface area (Å²) in [6.07, 6.45) is 3.84. The van der Waals surface area contributed by atoms with Gasteiger partial charge in [0, 0.05) is 24.1 Å². The van der Waals surface area contributed by atoms with Crippen LogP contribution in [0.5, 0.6) is 0 Å². The number of aromatic nitrogens is 1. The highest BCUT2D eigenvalue weighted by atomic mass is 32.1. The van der Waals surface area contributed by atoms with Gasteiger partial charge in [-0.25, -0.2) is 4.98 Å². The van der Waals surface area contributed by atoms with Crippen LogP contribution < -0.4 is 0 Å². The molecule has 0 unspecified atom stereocenters. The molecule has 1 fully saturated rings. The van der Waals surface area contributed by atoms with E-state index in [1.54, 1.807) is 11.3 Å². The summed E-state index contributed by atoms with van der Waals surface area (Å²) < 4.78 is 0. The standard InChI is InChI=1S/C12H17N3S/c1-15-7-4-10(5-8-15)11-9-16-12(14-11)3-2-6-13/h9-10H,2-5,7-8H2,1H3. The molecular weight excluding hydrogens is 218 g/mol. The van der Waals surface area contributed by atoms with E-state index in [9.17, 15) is 0 Å². The summed E-state index contributed by atoms with van der Waals surface area (Å²) in [5.41, 5.74) is 1.26. The van der Waals surface area contributed by atoms with Gasteiger partial charge in [0.25, 0.3) is 0 Å². The predicted octanol–water partition coefficient (Wildman–Crippen LogP) is 2.41. The van der Waals surface area contributed by atoms with Crippen molar-refractivity contribution < 1.29 is 0 Å². The van der Waals surface area contributed by atoms with Crippen molar-refractivity contribution in [2.24, 2.45) is 0 Å². The Kier molecular flexibility index (Phi) is 3.92. The lowest BCUT2D eigenvalue weighted by Gasteiger charge is -2.27. The summed E-state index contributed by atoms with van der Waals surface area (Å²) in [6, 6.07) is 2.17. The van der Waals surface area contributed by atoms with Crippen LogP contribution in [-0.2, 0) is 6.42 Å². The molecule has 1 aromatic rings. The van der Waals surface area contributed by atoms with Crippen LogP contribution in [0.1, 0.15) is 35.9 Å². The average molecular weight is 235 g/mol. The van der Waals surface area contributed by atoms with Crippen molar-refractivity contribution in [2.75, 3.05) is 20.1 Å². The zero-order chi connectivity index (χ0) is 11.4. The molecule has 86 valence electrons. The quantitative estimate of drug-likeness (QED) is 0.807. The third-order valence-corrected chi connectivity index (χ3v) is 4.08. The summed E-state index contributed by atoms with van der Waals surface area (Å²) in [7, 11) is 2.18. The molecule has 1 aliphatic rings. The number of hydrogen-bond acceptors (Lipinski definition) is 4. The fraction of sp³-hybridized carbons (Fsp3) is 0.667.